The molecule has 0 bridgehead atoms. The van der Waals surface area contributed by atoms with Crippen molar-refractivity contribution in [1.82, 2.24) is 0 Å². The molecule has 0 radical (unpaired) electrons. The van der Waals surface area contributed by atoms with Crippen molar-refractivity contribution in [3.8, 4) is 0 Å². The average Bonchev–Trinajstić information content (AvgIpc) is 3.04. The van der Waals surface area contributed by atoms with Gasteiger partial charge in [0, 0.05) is 6.42 Å². The van der Waals surface area contributed by atoms with Crippen molar-refractivity contribution < 1.29 is 19.7 Å². The Hall–Kier alpha value is -0.870. The zero-order valence-electron chi connectivity index (χ0n) is 18.7. The molecule has 2 N–H and O–H groups in total. The van der Waals surface area contributed by atoms with Crippen LogP contribution in [0, 0.1) is 40.4 Å². The summed E-state index contributed by atoms with van der Waals surface area (Å²) < 4.78 is 4.85. The highest BCUT2D eigenvalue weighted by atomic mass is 16.5. The largest absolute Gasteiger partial charge is 0.469 e. The summed E-state index contributed by atoms with van der Waals surface area (Å²) in [6.45, 7) is 7.20. The number of aliphatic hydroxyl groups excluding tert-OH is 2. The van der Waals surface area contributed by atoms with Crippen LogP contribution in [0.2, 0.25) is 0 Å². The van der Waals surface area contributed by atoms with E-state index in [2.05, 4.69) is 26.8 Å². The van der Waals surface area contributed by atoms with Gasteiger partial charge in [-0.15, -0.1) is 0 Å². The summed E-state index contributed by atoms with van der Waals surface area (Å²) in [6, 6.07) is 0. The fourth-order valence-electron chi connectivity index (χ4n) is 8.30. The molecule has 164 valence electrons. The molecule has 0 unspecified atom stereocenters. The predicted molar refractivity (Wildman–Crippen MR) is 113 cm³/mol. The van der Waals surface area contributed by atoms with Crippen LogP contribution in [-0.4, -0.2) is 35.5 Å². The lowest BCUT2D eigenvalue weighted by atomic mass is 9.45. The fraction of sp³-hybridized carbons (Fsp3) is 0.880. The molecule has 9 atom stereocenters. The first-order valence-corrected chi connectivity index (χ1v) is 11.8. The number of aliphatic hydroxyl groups is 2. The Morgan fingerprint density at radius 3 is 2.66 bits per heavy atom. The molecule has 4 nitrogen and oxygen atoms in total. The van der Waals surface area contributed by atoms with Gasteiger partial charge in [0.05, 0.1) is 19.3 Å². The smallest absolute Gasteiger partial charge is 0.305 e. The Morgan fingerprint density at radius 1 is 1.17 bits per heavy atom. The van der Waals surface area contributed by atoms with E-state index in [4.69, 9.17) is 4.74 Å². The van der Waals surface area contributed by atoms with Crippen LogP contribution in [0.5, 0.6) is 0 Å². The van der Waals surface area contributed by atoms with E-state index >= 15 is 0 Å². The average molecular weight is 405 g/mol. The van der Waals surface area contributed by atoms with Crippen molar-refractivity contribution in [2.24, 2.45) is 40.4 Å². The molecular weight excluding hydrogens is 364 g/mol. The van der Waals surface area contributed by atoms with Crippen LogP contribution in [0.4, 0.5) is 0 Å². The SMILES string of the molecule is COC(=O)CC[C@@H](C)[C@H]1CC[C@H]2[C@@H]3[C@H](O)CC4=C[C@H](O)CC[C@]4(C)[C@H]3CC[C@]12C. The first-order valence-electron chi connectivity index (χ1n) is 11.8. The van der Waals surface area contributed by atoms with Crippen LogP contribution in [0.15, 0.2) is 11.6 Å². The minimum atomic E-state index is -0.331. The normalized spacial score (nSPS) is 47.4. The van der Waals surface area contributed by atoms with Gasteiger partial charge in [-0.25, -0.2) is 0 Å². The van der Waals surface area contributed by atoms with Crippen LogP contribution < -0.4 is 0 Å². The Bertz CT molecular complexity index is 672. The molecule has 0 heterocycles. The molecule has 3 fully saturated rings. The predicted octanol–water partition coefficient (Wildman–Crippen LogP) is 4.49. The zero-order valence-corrected chi connectivity index (χ0v) is 18.7. The summed E-state index contributed by atoms with van der Waals surface area (Å²) in [5, 5.41) is 21.4. The monoisotopic (exact) mass is 404 g/mol. The van der Waals surface area contributed by atoms with E-state index in [1.165, 1.54) is 38.4 Å². The topological polar surface area (TPSA) is 66.8 Å². The molecule has 0 spiro atoms. The molecule has 0 aromatic heterocycles. The van der Waals surface area contributed by atoms with E-state index < -0.39 is 0 Å². The van der Waals surface area contributed by atoms with E-state index in [1.807, 2.05) is 0 Å². The van der Waals surface area contributed by atoms with Gasteiger partial charge in [-0.2, -0.15) is 0 Å². The lowest BCUT2D eigenvalue weighted by Crippen LogP contribution is -2.55. The first-order chi connectivity index (χ1) is 13.7. The van der Waals surface area contributed by atoms with E-state index in [1.54, 1.807) is 0 Å². The molecule has 3 saturated carbocycles. The second-order valence-corrected chi connectivity index (χ2v) is 11.1. The highest BCUT2D eigenvalue weighted by Gasteiger charge is 2.61. The summed E-state index contributed by atoms with van der Waals surface area (Å²) in [4.78, 5) is 11.6. The van der Waals surface area contributed by atoms with Gasteiger partial charge in [0.2, 0.25) is 0 Å². The second kappa shape index (κ2) is 7.67. The highest BCUT2D eigenvalue weighted by molar-refractivity contribution is 5.69. The first kappa shape index (κ1) is 21.4. The number of ether oxygens (including phenoxy) is 1. The van der Waals surface area contributed by atoms with Crippen molar-refractivity contribution in [1.29, 1.82) is 0 Å². The number of hydrogen-bond acceptors (Lipinski definition) is 4. The number of fused-ring (bicyclic) bond motifs is 5. The van der Waals surface area contributed by atoms with Crippen LogP contribution in [0.3, 0.4) is 0 Å². The van der Waals surface area contributed by atoms with Crippen molar-refractivity contribution in [3.05, 3.63) is 11.6 Å². The van der Waals surface area contributed by atoms with Gasteiger partial charge >= 0.3 is 5.97 Å². The standard InChI is InChI=1S/C25H40O4/c1-15(5-8-22(28)29-4)18-6-7-19-23-20(10-12-25(18,19)3)24(2)11-9-17(26)13-16(24)14-21(23)27/h13,15,17-21,23,26-27H,5-12,14H2,1-4H3/t15-,17-,18-,19+,20+,21-,23+,24+,25-/m1/s1. The molecular formula is C25H40O4. The summed E-state index contributed by atoms with van der Waals surface area (Å²) in [5.41, 5.74) is 1.73. The van der Waals surface area contributed by atoms with Crippen LogP contribution in [0.1, 0.15) is 78.6 Å². The van der Waals surface area contributed by atoms with Crippen molar-refractivity contribution in [3.63, 3.8) is 0 Å². The molecule has 0 saturated heterocycles. The minimum absolute atomic E-state index is 0.102. The fourth-order valence-corrected chi connectivity index (χ4v) is 8.30. The molecule has 29 heavy (non-hydrogen) atoms. The van der Waals surface area contributed by atoms with E-state index in [9.17, 15) is 15.0 Å². The molecule has 0 aromatic carbocycles. The Morgan fingerprint density at radius 2 is 1.93 bits per heavy atom. The summed E-state index contributed by atoms with van der Waals surface area (Å²) in [6.07, 6.45) is 10.3. The second-order valence-electron chi connectivity index (χ2n) is 11.1. The number of methoxy groups -OCH3 is 1. The maximum Gasteiger partial charge on any atom is 0.305 e. The Balaban J connectivity index is 1.55. The maximum atomic E-state index is 11.6. The summed E-state index contributed by atoms with van der Waals surface area (Å²) >= 11 is 0. The third kappa shape index (κ3) is 3.39. The molecule has 4 heteroatoms. The van der Waals surface area contributed by atoms with Crippen molar-refractivity contribution in [2.45, 2.75) is 90.8 Å². The number of carbonyl (C=O) groups excluding carboxylic acids is 1. The third-order valence-electron chi connectivity index (χ3n) is 9.90. The lowest BCUT2D eigenvalue weighted by molar-refractivity contribution is -0.141. The van der Waals surface area contributed by atoms with Gasteiger partial charge in [0.25, 0.3) is 0 Å². The molecule has 0 aromatic rings. The summed E-state index contributed by atoms with van der Waals surface area (Å²) in [5.74, 6) is 2.53. The van der Waals surface area contributed by atoms with Gasteiger partial charge in [0.1, 0.15) is 0 Å². The van der Waals surface area contributed by atoms with Gasteiger partial charge in [0.15, 0.2) is 0 Å². The van der Waals surface area contributed by atoms with Gasteiger partial charge in [-0.1, -0.05) is 32.4 Å². The quantitative estimate of drug-likeness (QED) is 0.535. The van der Waals surface area contributed by atoms with Gasteiger partial charge in [-0.3, -0.25) is 4.79 Å². The van der Waals surface area contributed by atoms with E-state index in [0.717, 1.165) is 25.7 Å². The number of hydrogen-bond donors (Lipinski definition) is 2. The number of esters is 1. The van der Waals surface area contributed by atoms with Gasteiger partial charge in [-0.05, 0) is 91.8 Å². The summed E-state index contributed by atoms with van der Waals surface area (Å²) in [7, 11) is 1.47. The molecule has 4 rings (SSSR count). The van der Waals surface area contributed by atoms with Crippen LogP contribution >= 0.6 is 0 Å². The van der Waals surface area contributed by atoms with E-state index in [-0.39, 0.29) is 29.0 Å². The lowest BCUT2D eigenvalue weighted by Gasteiger charge is -2.60. The minimum Gasteiger partial charge on any atom is -0.469 e. The Kier molecular flexibility index (Phi) is 5.65. The molecule has 4 aliphatic rings. The van der Waals surface area contributed by atoms with Crippen molar-refractivity contribution in [2.75, 3.05) is 7.11 Å². The highest BCUT2D eigenvalue weighted by Crippen LogP contribution is 2.67. The Labute approximate surface area is 176 Å². The number of rotatable bonds is 4. The molecule has 0 amide bonds. The van der Waals surface area contributed by atoms with Crippen LogP contribution in [0.25, 0.3) is 0 Å². The molecule has 4 aliphatic carbocycles. The zero-order chi connectivity index (χ0) is 21.0. The number of carbonyl (C=O) groups is 1. The molecule has 0 aliphatic heterocycles. The van der Waals surface area contributed by atoms with Crippen molar-refractivity contribution >= 4 is 5.97 Å². The maximum absolute atomic E-state index is 11.6. The van der Waals surface area contributed by atoms with Crippen LogP contribution in [-0.2, 0) is 9.53 Å². The third-order valence-corrected chi connectivity index (χ3v) is 9.90. The van der Waals surface area contributed by atoms with Gasteiger partial charge < -0.3 is 14.9 Å². The van der Waals surface area contributed by atoms with E-state index in [0.29, 0.717) is 36.0 Å².